The number of ketones is 1. The molecular weight excluding hydrogens is 353 g/mol. The van der Waals surface area contributed by atoms with E-state index in [0.717, 1.165) is 0 Å². The lowest BCUT2D eigenvalue weighted by molar-refractivity contribution is 0.101. The first-order chi connectivity index (χ1) is 11.2. The highest BCUT2D eigenvalue weighted by molar-refractivity contribution is 6.29. The number of nitrogens with zero attached hydrogens (tertiary/aromatic N) is 2. The lowest BCUT2D eigenvalue weighted by Gasteiger charge is -2.29. The summed E-state index contributed by atoms with van der Waals surface area (Å²) >= 11 is 12.8. The second kappa shape index (κ2) is 9.32. The SMILES string of the molecule is COCC(C)N(Cl)c1cc(C(C)=O)cc(N(Cl)C(C)COC)c1N. The summed E-state index contributed by atoms with van der Waals surface area (Å²) in [6.07, 6.45) is 0. The highest BCUT2D eigenvalue weighted by Gasteiger charge is 2.23. The Morgan fingerprint density at radius 1 is 1.08 bits per heavy atom. The Morgan fingerprint density at radius 2 is 1.46 bits per heavy atom. The molecule has 0 fully saturated rings. The van der Waals surface area contributed by atoms with Crippen molar-refractivity contribution in [1.29, 1.82) is 0 Å². The Hall–Kier alpha value is -1.21. The fourth-order valence-electron chi connectivity index (χ4n) is 2.27. The highest BCUT2D eigenvalue weighted by atomic mass is 35.5. The third-order valence-corrected chi connectivity index (χ3v) is 4.62. The van der Waals surface area contributed by atoms with Gasteiger partial charge in [0.15, 0.2) is 5.78 Å². The van der Waals surface area contributed by atoms with Crippen LogP contribution in [-0.2, 0) is 9.47 Å². The molecule has 8 heteroatoms. The number of carbonyl (C=O) groups is 1. The van der Waals surface area contributed by atoms with E-state index in [2.05, 4.69) is 0 Å². The van der Waals surface area contributed by atoms with Gasteiger partial charge in [0.2, 0.25) is 0 Å². The van der Waals surface area contributed by atoms with Crippen molar-refractivity contribution in [2.75, 3.05) is 42.0 Å². The van der Waals surface area contributed by atoms with E-state index in [0.29, 0.717) is 35.8 Å². The van der Waals surface area contributed by atoms with Crippen molar-refractivity contribution < 1.29 is 14.3 Å². The molecule has 0 aliphatic rings. The molecule has 0 bridgehead atoms. The fraction of sp³-hybridized carbons (Fsp3) is 0.562. The van der Waals surface area contributed by atoms with Crippen LogP contribution in [0, 0.1) is 0 Å². The van der Waals surface area contributed by atoms with E-state index >= 15 is 0 Å². The van der Waals surface area contributed by atoms with Crippen molar-refractivity contribution in [3.05, 3.63) is 17.7 Å². The number of methoxy groups -OCH3 is 2. The first-order valence-electron chi connectivity index (χ1n) is 7.56. The van der Waals surface area contributed by atoms with Gasteiger partial charge in [0.25, 0.3) is 0 Å². The Balaban J connectivity index is 3.36. The number of anilines is 3. The van der Waals surface area contributed by atoms with E-state index in [1.165, 1.54) is 15.8 Å². The average molecular weight is 378 g/mol. The molecule has 0 saturated carbocycles. The summed E-state index contributed by atoms with van der Waals surface area (Å²) in [4.78, 5) is 11.9. The molecule has 6 nitrogen and oxygen atoms in total. The van der Waals surface area contributed by atoms with Crippen LogP contribution < -0.4 is 14.6 Å². The molecular formula is C16H25Cl2N3O3. The van der Waals surface area contributed by atoms with Gasteiger partial charge in [-0.05, 0) is 32.9 Å². The average Bonchev–Trinajstić information content (AvgIpc) is 2.53. The lowest BCUT2D eigenvalue weighted by atomic mass is 10.1. The van der Waals surface area contributed by atoms with Crippen LogP contribution in [0.15, 0.2) is 12.1 Å². The van der Waals surface area contributed by atoms with Gasteiger partial charge in [0.1, 0.15) is 0 Å². The Kier molecular flexibility index (Phi) is 8.09. The van der Waals surface area contributed by atoms with Gasteiger partial charge in [-0.1, -0.05) is 0 Å². The van der Waals surface area contributed by atoms with Gasteiger partial charge in [-0.2, -0.15) is 0 Å². The molecule has 0 aliphatic heterocycles. The summed E-state index contributed by atoms with van der Waals surface area (Å²) in [6, 6.07) is 3.03. The number of halogens is 2. The molecule has 2 N–H and O–H groups in total. The number of rotatable bonds is 9. The highest BCUT2D eigenvalue weighted by Crippen LogP contribution is 2.38. The van der Waals surface area contributed by atoms with Gasteiger partial charge in [-0.25, -0.2) is 0 Å². The number of nitrogens with two attached hydrogens (primary N) is 1. The van der Waals surface area contributed by atoms with Crippen LogP contribution in [0.5, 0.6) is 0 Å². The van der Waals surface area contributed by atoms with Crippen molar-refractivity contribution in [3.63, 3.8) is 0 Å². The van der Waals surface area contributed by atoms with Crippen molar-refractivity contribution >= 4 is 46.4 Å². The summed E-state index contributed by atoms with van der Waals surface area (Å²) in [5, 5.41) is 0. The van der Waals surface area contributed by atoms with Gasteiger partial charge in [-0.3, -0.25) is 13.6 Å². The van der Waals surface area contributed by atoms with E-state index in [1.807, 2.05) is 13.8 Å². The van der Waals surface area contributed by atoms with Gasteiger partial charge in [0.05, 0.1) is 42.4 Å². The first kappa shape index (κ1) is 20.8. The van der Waals surface area contributed by atoms with Crippen molar-refractivity contribution in [1.82, 2.24) is 0 Å². The lowest BCUT2D eigenvalue weighted by Crippen LogP contribution is -2.31. The molecule has 0 aromatic heterocycles. The molecule has 2 atom stereocenters. The molecule has 0 spiro atoms. The quantitative estimate of drug-likeness (QED) is 0.403. The van der Waals surface area contributed by atoms with Gasteiger partial charge >= 0.3 is 0 Å². The maximum atomic E-state index is 11.9. The second-order valence-corrected chi connectivity index (χ2v) is 6.44. The van der Waals surface area contributed by atoms with Gasteiger partial charge in [-0.15, -0.1) is 0 Å². The van der Waals surface area contributed by atoms with E-state index < -0.39 is 0 Å². The predicted molar refractivity (Wildman–Crippen MR) is 100 cm³/mol. The molecule has 0 radical (unpaired) electrons. The summed E-state index contributed by atoms with van der Waals surface area (Å²) in [5.41, 5.74) is 8.16. The molecule has 136 valence electrons. The topological polar surface area (TPSA) is 68.0 Å². The maximum Gasteiger partial charge on any atom is 0.159 e. The van der Waals surface area contributed by atoms with E-state index in [4.69, 9.17) is 38.8 Å². The van der Waals surface area contributed by atoms with E-state index in [9.17, 15) is 4.79 Å². The Labute approximate surface area is 153 Å². The van der Waals surface area contributed by atoms with Crippen LogP contribution in [0.2, 0.25) is 0 Å². The van der Waals surface area contributed by atoms with Crippen molar-refractivity contribution in [2.24, 2.45) is 0 Å². The Bertz CT molecular complexity index is 532. The molecule has 1 aromatic carbocycles. The summed E-state index contributed by atoms with van der Waals surface area (Å²) in [5.74, 6) is -0.105. The Morgan fingerprint density at radius 3 is 1.75 bits per heavy atom. The largest absolute Gasteiger partial charge is 0.395 e. The summed E-state index contributed by atoms with van der Waals surface area (Å²) < 4.78 is 13.2. The zero-order valence-electron chi connectivity index (χ0n) is 14.7. The normalized spacial score (nSPS) is 13.5. The van der Waals surface area contributed by atoms with Crippen LogP contribution in [0.4, 0.5) is 17.1 Å². The van der Waals surface area contributed by atoms with Crippen LogP contribution in [0.3, 0.4) is 0 Å². The monoisotopic (exact) mass is 377 g/mol. The summed E-state index contributed by atoms with van der Waals surface area (Å²) in [6.45, 7) is 6.08. The maximum absolute atomic E-state index is 11.9. The number of hydrogen-bond donors (Lipinski definition) is 1. The van der Waals surface area contributed by atoms with Gasteiger partial charge in [0, 0.05) is 43.3 Å². The third-order valence-electron chi connectivity index (χ3n) is 3.59. The minimum Gasteiger partial charge on any atom is -0.395 e. The molecule has 24 heavy (non-hydrogen) atoms. The standard InChI is InChI=1S/C16H25Cl2N3O3/c1-10(8-23-4)20(17)14-6-13(12(3)22)7-15(16(14)19)21(18)11(2)9-24-5/h6-7,10-11H,8-9,19H2,1-5H3. The van der Waals surface area contributed by atoms with Crippen LogP contribution in [0.1, 0.15) is 31.1 Å². The fourth-order valence-corrected chi connectivity index (χ4v) is 2.66. The zero-order valence-corrected chi connectivity index (χ0v) is 16.2. The third kappa shape index (κ3) is 4.89. The minimum atomic E-state index is -0.144. The number of ether oxygens (including phenoxy) is 2. The van der Waals surface area contributed by atoms with Crippen LogP contribution in [-0.4, -0.2) is 45.3 Å². The smallest absolute Gasteiger partial charge is 0.159 e. The second-order valence-electron chi connectivity index (χ2n) is 5.72. The van der Waals surface area contributed by atoms with Crippen molar-refractivity contribution in [2.45, 2.75) is 32.9 Å². The first-order valence-corrected chi connectivity index (χ1v) is 8.24. The minimum absolute atomic E-state index is 0.105. The molecule has 0 heterocycles. The summed E-state index contributed by atoms with van der Waals surface area (Å²) in [7, 11) is 3.18. The molecule has 1 rings (SSSR count). The molecule has 0 saturated heterocycles. The number of benzene rings is 1. The molecule has 2 unspecified atom stereocenters. The number of hydrogen-bond acceptors (Lipinski definition) is 6. The number of Topliss-reactive ketones (excluding diaryl/α,β-unsaturated/α-hetero) is 1. The van der Waals surface area contributed by atoms with Crippen molar-refractivity contribution in [3.8, 4) is 0 Å². The molecule has 1 aromatic rings. The van der Waals surface area contributed by atoms with Crippen LogP contribution in [0.25, 0.3) is 0 Å². The van der Waals surface area contributed by atoms with Gasteiger partial charge < -0.3 is 15.2 Å². The number of nitrogen functional groups attached to an aromatic ring is 1. The van der Waals surface area contributed by atoms with E-state index in [1.54, 1.807) is 26.4 Å². The molecule has 0 amide bonds. The predicted octanol–water partition coefficient (Wildman–Crippen LogP) is 3.46. The van der Waals surface area contributed by atoms with Crippen LogP contribution >= 0.6 is 23.6 Å². The van der Waals surface area contributed by atoms with E-state index in [-0.39, 0.29) is 17.9 Å². The zero-order chi connectivity index (χ0) is 18.4. The molecule has 0 aliphatic carbocycles. The number of carbonyl (C=O) groups excluding carboxylic acids is 1.